The van der Waals surface area contributed by atoms with Crippen LogP contribution in [0.3, 0.4) is 0 Å². The fourth-order valence-electron chi connectivity index (χ4n) is 1.50. The van der Waals surface area contributed by atoms with Crippen molar-refractivity contribution >= 4 is 29.3 Å². The van der Waals surface area contributed by atoms with Gasteiger partial charge >= 0.3 is 6.09 Å². The summed E-state index contributed by atoms with van der Waals surface area (Å²) in [5.41, 5.74) is 5.26. The van der Waals surface area contributed by atoms with Crippen LogP contribution >= 0.6 is 23.2 Å². The monoisotopic (exact) mass is 277 g/mol. The SMILES string of the molecule is CC[C@@H](OC(N)=O)[C@H](O)c1c(Cl)cccc1Cl. The van der Waals surface area contributed by atoms with E-state index >= 15 is 0 Å². The van der Waals surface area contributed by atoms with Gasteiger partial charge in [-0.05, 0) is 18.6 Å². The van der Waals surface area contributed by atoms with Crippen LogP contribution in [0.2, 0.25) is 10.0 Å². The van der Waals surface area contributed by atoms with Gasteiger partial charge in [0.1, 0.15) is 12.2 Å². The summed E-state index contributed by atoms with van der Waals surface area (Å²) in [5.74, 6) is 0. The summed E-state index contributed by atoms with van der Waals surface area (Å²) in [6.07, 6.45) is -2.43. The molecule has 0 fully saturated rings. The summed E-state index contributed by atoms with van der Waals surface area (Å²) in [7, 11) is 0. The highest BCUT2D eigenvalue weighted by Crippen LogP contribution is 2.33. The predicted molar refractivity (Wildman–Crippen MR) is 66.2 cm³/mol. The number of halogens is 2. The van der Waals surface area contributed by atoms with Crippen molar-refractivity contribution in [3.8, 4) is 0 Å². The molecule has 1 amide bonds. The molecule has 0 aromatic heterocycles. The van der Waals surface area contributed by atoms with Crippen LogP contribution in [0.5, 0.6) is 0 Å². The van der Waals surface area contributed by atoms with Crippen molar-refractivity contribution in [2.45, 2.75) is 25.6 Å². The lowest BCUT2D eigenvalue weighted by atomic mass is 10.0. The van der Waals surface area contributed by atoms with Gasteiger partial charge in [0.2, 0.25) is 0 Å². The number of carbonyl (C=O) groups is 1. The Hall–Kier alpha value is -0.970. The minimum Gasteiger partial charge on any atom is -0.443 e. The average molecular weight is 278 g/mol. The number of benzene rings is 1. The summed E-state index contributed by atoms with van der Waals surface area (Å²) < 4.78 is 4.80. The first-order valence-corrected chi connectivity index (χ1v) is 5.81. The van der Waals surface area contributed by atoms with E-state index in [9.17, 15) is 9.90 Å². The number of amides is 1. The lowest BCUT2D eigenvalue weighted by Gasteiger charge is -2.22. The summed E-state index contributed by atoms with van der Waals surface area (Å²) >= 11 is 11.9. The molecule has 6 heteroatoms. The van der Waals surface area contributed by atoms with E-state index in [1.807, 2.05) is 0 Å². The fourth-order valence-corrected chi connectivity index (χ4v) is 2.12. The van der Waals surface area contributed by atoms with Crippen molar-refractivity contribution in [3.63, 3.8) is 0 Å². The molecule has 1 aromatic rings. The lowest BCUT2D eigenvalue weighted by Crippen LogP contribution is -2.28. The van der Waals surface area contributed by atoms with Crippen LogP contribution in [-0.4, -0.2) is 17.3 Å². The van der Waals surface area contributed by atoms with Crippen molar-refractivity contribution in [2.75, 3.05) is 0 Å². The zero-order valence-corrected chi connectivity index (χ0v) is 10.7. The molecule has 0 spiro atoms. The third-order valence-corrected chi connectivity index (χ3v) is 2.98. The summed E-state index contributed by atoms with van der Waals surface area (Å²) in [6.45, 7) is 1.75. The molecule has 0 heterocycles. The third-order valence-electron chi connectivity index (χ3n) is 2.32. The Morgan fingerprint density at radius 3 is 2.41 bits per heavy atom. The molecule has 0 unspecified atom stereocenters. The fraction of sp³-hybridized carbons (Fsp3) is 0.364. The van der Waals surface area contributed by atoms with Gasteiger partial charge in [0.15, 0.2) is 0 Å². The van der Waals surface area contributed by atoms with Gasteiger partial charge in [0, 0.05) is 15.6 Å². The standard InChI is InChI=1S/C11H13Cl2NO3/c1-2-8(17-11(14)16)10(15)9-6(12)4-3-5-7(9)13/h3-5,8,10,15H,2H2,1H3,(H2,14,16)/t8-,10+/m1/s1. The number of hydrogen-bond acceptors (Lipinski definition) is 3. The van der Waals surface area contributed by atoms with Crippen LogP contribution in [0.4, 0.5) is 4.79 Å². The molecule has 0 aliphatic rings. The van der Waals surface area contributed by atoms with Crippen molar-refractivity contribution < 1.29 is 14.6 Å². The molecule has 17 heavy (non-hydrogen) atoms. The molecule has 0 bridgehead atoms. The van der Waals surface area contributed by atoms with Gasteiger partial charge in [0.05, 0.1) is 0 Å². The Bertz CT molecular complexity index is 391. The summed E-state index contributed by atoms with van der Waals surface area (Å²) in [5, 5.41) is 10.7. The highest BCUT2D eigenvalue weighted by Gasteiger charge is 2.26. The summed E-state index contributed by atoms with van der Waals surface area (Å²) in [6, 6.07) is 4.86. The average Bonchev–Trinajstić information content (AvgIpc) is 2.25. The largest absolute Gasteiger partial charge is 0.443 e. The highest BCUT2D eigenvalue weighted by molar-refractivity contribution is 6.36. The first kappa shape index (κ1) is 14.1. The zero-order chi connectivity index (χ0) is 13.0. The maximum Gasteiger partial charge on any atom is 0.404 e. The molecule has 1 aromatic carbocycles. The van der Waals surface area contributed by atoms with Crippen LogP contribution in [0.1, 0.15) is 25.0 Å². The molecular formula is C11H13Cl2NO3. The number of rotatable bonds is 4. The van der Waals surface area contributed by atoms with Crippen LogP contribution in [0.15, 0.2) is 18.2 Å². The molecule has 1 rings (SSSR count). The second-order valence-corrected chi connectivity index (χ2v) is 4.28. The zero-order valence-electron chi connectivity index (χ0n) is 9.19. The van der Waals surface area contributed by atoms with E-state index in [0.717, 1.165) is 0 Å². The Kier molecular flexibility index (Phi) is 5.05. The maximum atomic E-state index is 10.7. The van der Waals surface area contributed by atoms with E-state index in [0.29, 0.717) is 22.0 Å². The Morgan fingerprint density at radius 1 is 1.47 bits per heavy atom. The van der Waals surface area contributed by atoms with Gasteiger partial charge in [-0.3, -0.25) is 0 Å². The van der Waals surface area contributed by atoms with Gasteiger partial charge in [0.25, 0.3) is 0 Å². The van der Waals surface area contributed by atoms with Crippen molar-refractivity contribution in [1.82, 2.24) is 0 Å². The van der Waals surface area contributed by atoms with E-state index in [1.165, 1.54) is 0 Å². The number of carbonyl (C=O) groups excluding carboxylic acids is 1. The predicted octanol–water partition coefficient (Wildman–Crippen LogP) is 2.90. The van der Waals surface area contributed by atoms with Gasteiger partial charge in [-0.2, -0.15) is 0 Å². The Balaban J connectivity index is 3.01. The van der Waals surface area contributed by atoms with Gasteiger partial charge in [-0.1, -0.05) is 36.2 Å². The molecule has 0 aliphatic heterocycles. The Labute approximate surface area is 109 Å². The van der Waals surface area contributed by atoms with E-state index in [-0.39, 0.29) is 0 Å². The minimum absolute atomic E-state index is 0.316. The highest BCUT2D eigenvalue weighted by atomic mass is 35.5. The second-order valence-electron chi connectivity index (χ2n) is 3.46. The molecule has 0 radical (unpaired) electrons. The molecule has 0 saturated carbocycles. The normalized spacial score (nSPS) is 14.1. The Morgan fingerprint density at radius 2 is 2.00 bits per heavy atom. The topological polar surface area (TPSA) is 72.5 Å². The van der Waals surface area contributed by atoms with Crippen molar-refractivity contribution in [3.05, 3.63) is 33.8 Å². The third kappa shape index (κ3) is 3.49. The van der Waals surface area contributed by atoms with E-state index in [2.05, 4.69) is 0 Å². The van der Waals surface area contributed by atoms with Gasteiger partial charge < -0.3 is 15.6 Å². The smallest absolute Gasteiger partial charge is 0.404 e. The number of primary amides is 1. The van der Waals surface area contributed by atoms with Crippen LogP contribution in [0.25, 0.3) is 0 Å². The number of ether oxygens (including phenoxy) is 1. The van der Waals surface area contributed by atoms with Crippen LogP contribution < -0.4 is 5.73 Å². The van der Waals surface area contributed by atoms with Crippen LogP contribution in [0, 0.1) is 0 Å². The molecule has 4 nitrogen and oxygen atoms in total. The first-order valence-electron chi connectivity index (χ1n) is 5.05. The van der Waals surface area contributed by atoms with E-state index < -0.39 is 18.3 Å². The number of aliphatic hydroxyl groups is 1. The lowest BCUT2D eigenvalue weighted by molar-refractivity contribution is 0.00346. The quantitative estimate of drug-likeness (QED) is 0.889. The molecule has 94 valence electrons. The molecule has 3 N–H and O–H groups in total. The molecule has 0 aliphatic carbocycles. The van der Waals surface area contributed by atoms with Gasteiger partial charge in [-0.15, -0.1) is 0 Å². The number of nitrogens with two attached hydrogens (primary N) is 1. The van der Waals surface area contributed by atoms with Crippen molar-refractivity contribution in [2.24, 2.45) is 5.73 Å². The molecule has 0 saturated heterocycles. The van der Waals surface area contributed by atoms with Crippen LogP contribution in [-0.2, 0) is 4.74 Å². The van der Waals surface area contributed by atoms with E-state index in [1.54, 1.807) is 25.1 Å². The second kappa shape index (κ2) is 6.10. The number of aliphatic hydroxyl groups excluding tert-OH is 1. The first-order chi connectivity index (χ1) is 7.97. The maximum absolute atomic E-state index is 10.7. The summed E-state index contributed by atoms with van der Waals surface area (Å²) in [4.78, 5) is 10.7. The number of hydrogen-bond donors (Lipinski definition) is 2. The molecule has 2 atom stereocenters. The molecular weight excluding hydrogens is 265 g/mol. The van der Waals surface area contributed by atoms with Crippen molar-refractivity contribution in [1.29, 1.82) is 0 Å². The van der Waals surface area contributed by atoms with Gasteiger partial charge in [-0.25, -0.2) is 4.79 Å². The minimum atomic E-state index is -1.10. The van der Waals surface area contributed by atoms with E-state index in [4.69, 9.17) is 33.7 Å².